The Balaban J connectivity index is 1.82. The average Bonchev–Trinajstić information content (AvgIpc) is 3.31. The molecule has 1 aliphatic rings. The van der Waals surface area contributed by atoms with Gasteiger partial charge in [-0.15, -0.1) is 0 Å². The minimum absolute atomic E-state index is 0.0349. The molecule has 1 saturated heterocycles. The number of ether oxygens (including phenoxy) is 1. The van der Waals surface area contributed by atoms with Crippen molar-refractivity contribution in [1.29, 1.82) is 0 Å². The second-order valence-electron chi connectivity index (χ2n) is 7.01. The molecule has 3 nitrogen and oxygen atoms in total. The van der Waals surface area contributed by atoms with Gasteiger partial charge in [0.05, 0.1) is 5.39 Å². The standard InChI is InChI=1S/C23H18O3/c1-3-6-20-23(2,26-20)21-13-19(24)17-10-9-16-11-14-7-4-5-8-15(14)12-18(16)22(17)25-21/h3-13,20H,1-2H3/b6-3-/t20-,23-/m0/s1. The Kier molecular flexibility index (Phi) is 3.12. The number of hydrogen-bond donors (Lipinski definition) is 0. The summed E-state index contributed by atoms with van der Waals surface area (Å²) in [7, 11) is 0. The Labute approximate surface area is 150 Å². The van der Waals surface area contributed by atoms with Gasteiger partial charge in [-0.3, -0.25) is 4.79 Å². The smallest absolute Gasteiger partial charge is 0.193 e. The number of epoxide rings is 1. The fourth-order valence-electron chi connectivity index (χ4n) is 3.70. The van der Waals surface area contributed by atoms with Crippen molar-refractivity contribution in [3.05, 3.63) is 82.7 Å². The summed E-state index contributed by atoms with van der Waals surface area (Å²) in [5.41, 5.74) is 0.0257. The lowest BCUT2D eigenvalue weighted by atomic mass is 10.00. The van der Waals surface area contributed by atoms with Gasteiger partial charge in [-0.25, -0.2) is 0 Å². The maximum absolute atomic E-state index is 12.7. The molecule has 1 aromatic heterocycles. The minimum atomic E-state index is -0.571. The van der Waals surface area contributed by atoms with Crippen LogP contribution in [0.25, 0.3) is 32.5 Å². The summed E-state index contributed by atoms with van der Waals surface area (Å²) in [5, 5.41) is 4.91. The molecule has 0 saturated carbocycles. The van der Waals surface area contributed by atoms with Crippen molar-refractivity contribution in [1.82, 2.24) is 0 Å². The molecule has 128 valence electrons. The van der Waals surface area contributed by atoms with Gasteiger partial charge in [0.15, 0.2) is 11.0 Å². The highest BCUT2D eigenvalue weighted by Crippen LogP contribution is 2.47. The highest BCUT2D eigenvalue weighted by atomic mass is 16.6. The fourth-order valence-corrected chi connectivity index (χ4v) is 3.70. The average molecular weight is 342 g/mol. The van der Waals surface area contributed by atoms with E-state index in [2.05, 4.69) is 24.3 Å². The second-order valence-corrected chi connectivity index (χ2v) is 7.01. The molecule has 0 aliphatic carbocycles. The van der Waals surface area contributed by atoms with Crippen LogP contribution in [-0.2, 0) is 10.3 Å². The van der Waals surface area contributed by atoms with Gasteiger partial charge >= 0.3 is 0 Å². The summed E-state index contributed by atoms with van der Waals surface area (Å²) in [6.45, 7) is 3.92. The van der Waals surface area contributed by atoms with Crippen molar-refractivity contribution >= 4 is 32.5 Å². The third kappa shape index (κ3) is 2.14. The Morgan fingerprint density at radius 2 is 1.73 bits per heavy atom. The van der Waals surface area contributed by atoms with E-state index in [1.54, 1.807) is 6.07 Å². The summed E-state index contributed by atoms with van der Waals surface area (Å²) < 4.78 is 12.0. The second kappa shape index (κ2) is 5.29. The molecule has 0 amide bonds. The third-order valence-corrected chi connectivity index (χ3v) is 5.29. The molecule has 26 heavy (non-hydrogen) atoms. The van der Waals surface area contributed by atoms with Crippen LogP contribution in [-0.4, -0.2) is 6.10 Å². The van der Waals surface area contributed by atoms with Crippen molar-refractivity contribution in [3.8, 4) is 0 Å². The van der Waals surface area contributed by atoms with E-state index >= 15 is 0 Å². The first-order valence-electron chi connectivity index (χ1n) is 8.80. The van der Waals surface area contributed by atoms with Crippen molar-refractivity contribution in [2.45, 2.75) is 25.6 Å². The largest absolute Gasteiger partial charge is 0.457 e. The predicted molar refractivity (Wildman–Crippen MR) is 105 cm³/mol. The van der Waals surface area contributed by atoms with E-state index < -0.39 is 5.60 Å². The van der Waals surface area contributed by atoms with Crippen LogP contribution in [0.4, 0.5) is 0 Å². The van der Waals surface area contributed by atoms with Crippen molar-refractivity contribution in [3.63, 3.8) is 0 Å². The minimum Gasteiger partial charge on any atom is -0.457 e. The zero-order valence-electron chi connectivity index (χ0n) is 14.7. The fraction of sp³-hybridized carbons (Fsp3) is 0.174. The molecule has 5 rings (SSSR count). The summed E-state index contributed by atoms with van der Waals surface area (Å²) in [6.07, 6.45) is 3.89. The first kappa shape index (κ1) is 15.4. The van der Waals surface area contributed by atoms with Crippen molar-refractivity contribution in [2.24, 2.45) is 0 Å². The lowest BCUT2D eigenvalue weighted by molar-refractivity contribution is 0.283. The molecule has 4 aromatic rings. The molecule has 3 aromatic carbocycles. The highest BCUT2D eigenvalue weighted by Gasteiger charge is 2.54. The Hall–Kier alpha value is -2.91. The lowest BCUT2D eigenvalue weighted by Gasteiger charge is -2.09. The molecule has 1 aliphatic heterocycles. The van der Waals surface area contributed by atoms with Crippen LogP contribution in [0.5, 0.6) is 0 Å². The van der Waals surface area contributed by atoms with Gasteiger partial charge in [-0.1, -0.05) is 42.5 Å². The number of benzene rings is 3. The predicted octanol–water partition coefficient (Wildman–Crippen LogP) is 5.29. The SMILES string of the molecule is C/C=C\[C@@H]1O[C@]1(C)c1cc(=O)c2ccc3cc4ccccc4cc3c2o1. The Morgan fingerprint density at radius 1 is 0.962 bits per heavy atom. The monoisotopic (exact) mass is 342 g/mol. The molecule has 0 radical (unpaired) electrons. The maximum atomic E-state index is 12.7. The molecular formula is C23H18O3. The van der Waals surface area contributed by atoms with E-state index in [0.29, 0.717) is 16.7 Å². The molecule has 0 N–H and O–H groups in total. The van der Waals surface area contributed by atoms with E-state index in [4.69, 9.17) is 9.15 Å². The van der Waals surface area contributed by atoms with E-state index in [1.165, 1.54) is 5.39 Å². The van der Waals surface area contributed by atoms with Crippen LogP contribution in [0.3, 0.4) is 0 Å². The quantitative estimate of drug-likeness (QED) is 0.215. The van der Waals surface area contributed by atoms with Gasteiger partial charge in [-0.2, -0.15) is 0 Å². The molecule has 0 bridgehead atoms. The number of rotatable bonds is 2. The maximum Gasteiger partial charge on any atom is 0.193 e. The normalized spacial score (nSPS) is 22.6. The zero-order chi connectivity index (χ0) is 17.9. The molecule has 2 heterocycles. The summed E-state index contributed by atoms with van der Waals surface area (Å²) in [6, 6.07) is 17.8. The lowest BCUT2D eigenvalue weighted by Crippen LogP contribution is -2.11. The van der Waals surface area contributed by atoms with Gasteiger partial charge in [0.2, 0.25) is 0 Å². The highest BCUT2D eigenvalue weighted by molar-refractivity contribution is 6.09. The summed E-state index contributed by atoms with van der Waals surface area (Å²) >= 11 is 0. The molecule has 3 heteroatoms. The number of fused-ring (bicyclic) bond motifs is 4. The van der Waals surface area contributed by atoms with Gasteiger partial charge in [0, 0.05) is 11.5 Å². The van der Waals surface area contributed by atoms with Crippen molar-refractivity contribution in [2.75, 3.05) is 0 Å². The van der Waals surface area contributed by atoms with Crippen LogP contribution < -0.4 is 5.43 Å². The first-order chi connectivity index (χ1) is 12.6. The topological polar surface area (TPSA) is 42.7 Å². The Morgan fingerprint density at radius 3 is 2.50 bits per heavy atom. The van der Waals surface area contributed by atoms with Crippen LogP contribution in [0, 0.1) is 0 Å². The summed E-state index contributed by atoms with van der Waals surface area (Å²) in [5.74, 6) is 0.582. The third-order valence-electron chi connectivity index (χ3n) is 5.29. The molecule has 2 atom stereocenters. The van der Waals surface area contributed by atoms with Crippen LogP contribution in [0.15, 0.2) is 76.0 Å². The first-order valence-corrected chi connectivity index (χ1v) is 8.80. The van der Waals surface area contributed by atoms with Crippen LogP contribution >= 0.6 is 0 Å². The van der Waals surface area contributed by atoms with Gasteiger partial charge in [0.1, 0.15) is 17.4 Å². The zero-order valence-corrected chi connectivity index (χ0v) is 14.7. The van der Waals surface area contributed by atoms with E-state index in [-0.39, 0.29) is 11.5 Å². The van der Waals surface area contributed by atoms with E-state index in [0.717, 1.165) is 16.2 Å². The molecule has 0 unspecified atom stereocenters. The van der Waals surface area contributed by atoms with Crippen molar-refractivity contribution < 1.29 is 9.15 Å². The van der Waals surface area contributed by atoms with Crippen LogP contribution in [0.1, 0.15) is 19.6 Å². The van der Waals surface area contributed by atoms with Crippen LogP contribution in [0.2, 0.25) is 0 Å². The van der Waals surface area contributed by atoms with Gasteiger partial charge in [0.25, 0.3) is 0 Å². The number of allylic oxidation sites excluding steroid dienone is 1. The molecular weight excluding hydrogens is 324 g/mol. The molecule has 1 fully saturated rings. The summed E-state index contributed by atoms with van der Waals surface area (Å²) in [4.78, 5) is 12.7. The number of hydrogen-bond acceptors (Lipinski definition) is 3. The molecule has 0 spiro atoms. The van der Waals surface area contributed by atoms with E-state index in [9.17, 15) is 4.79 Å². The van der Waals surface area contributed by atoms with E-state index in [1.807, 2.05) is 50.3 Å². The van der Waals surface area contributed by atoms with Gasteiger partial charge < -0.3 is 9.15 Å². The van der Waals surface area contributed by atoms with Gasteiger partial charge in [-0.05, 0) is 48.2 Å². The Bertz CT molecular complexity index is 1270.